The van der Waals surface area contributed by atoms with Crippen molar-refractivity contribution < 1.29 is 27.9 Å². The normalized spacial score (nSPS) is 11.6. The minimum absolute atomic E-state index is 0.192. The first kappa shape index (κ1) is 21.9. The molecule has 0 saturated carbocycles. The molecule has 9 heteroatoms. The van der Waals surface area contributed by atoms with Crippen LogP contribution in [-0.2, 0) is 6.42 Å². The number of methoxy groups -OCH3 is 3. The second kappa shape index (κ2) is 9.90. The number of hydrogen-bond donors (Lipinski definition) is 1. The molecule has 0 aliphatic carbocycles. The standard InChI is InChI=1S/C24H23N3O6/c1-29-19-13-16(14-20(30-2)21(19)31-3)22-26-24(33-27-22)17(12-15-8-5-4-6-9-15)25-23(28)18-10-7-11-32-18/h4-11,13-14,17H,12H2,1-3H3,(H,25,28)/t17-/m0/s1. The zero-order chi connectivity index (χ0) is 23.2. The summed E-state index contributed by atoms with van der Waals surface area (Å²) in [6, 6.07) is 15.8. The van der Waals surface area contributed by atoms with Gasteiger partial charge < -0.3 is 28.5 Å². The van der Waals surface area contributed by atoms with Gasteiger partial charge in [0.2, 0.25) is 17.5 Å². The Balaban J connectivity index is 1.66. The highest BCUT2D eigenvalue weighted by molar-refractivity contribution is 5.91. The van der Waals surface area contributed by atoms with Crippen molar-refractivity contribution in [3.63, 3.8) is 0 Å². The molecule has 9 nitrogen and oxygen atoms in total. The van der Waals surface area contributed by atoms with Gasteiger partial charge in [-0.2, -0.15) is 4.98 Å². The first-order valence-corrected chi connectivity index (χ1v) is 10.1. The maximum absolute atomic E-state index is 12.7. The van der Waals surface area contributed by atoms with E-state index < -0.39 is 6.04 Å². The summed E-state index contributed by atoms with van der Waals surface area (Å²) >= 11 is 0. The predicted molar refractivity (Wildman–Crippen MR) is 118 cm³/mol. The van der Waals surface area contributed by atoms with Crippen LogP contribution in [0.5, 0.6) is 17.2 Å². The van der Waals surface area contributed by atoms with E-state index in [1.807, 2.05) is 30.3 Å². The predicted octanol–water partition coefficient (Wildman–Crippen LogP) is 4.07. The van der Waals surface area contributed by atoms with Gasteiger partial charge in [0.15, 0.2) is 17.3 Å². The summed E-state index contributed by atoms with van der Waals surface area (Å²) in [5.74, 6) is 1.76. The van der Waals surface area contributed by atoms with Gasteiger partial charge in [-0.15, -0.1) is 0 Å². The third kappa shape index (κ3) is 4.82. The van der Waals surface area contributed by atoms with Crippen LogP contribution in [0.3, 0.4) is 0 Å². The van der Waals surface area contributed by atoms with Crippen molar-refractivity contribution in [1.82, 2.24) is 15.5 Å². The summed E-state index contributed by atoms with van der Waals surface area (Å²) < 4.78 is 27.0. The lowest BCUT2D eigenvalue weighted by Crippen LogP contribution is -2.30. The molecule has 0 saturated heterocycles. The van der Waals surface area contributed by atoms with E-state index in [1.165, 1.54) is 27.6 Å². The number of rotatable bonds is 9. The first-order chi connectivity index (χ1) is 16.1. The lowest BCUT2D eigenvalue weighted by molar-refractivity contribution is 0.0900. The van der Waals surface area contributed by atoms with Gasteiger partial charge >= 0.3 is 0 Å². The van der Waals surface area contributed by atoms with Crippen LogP contribution in [0.15, 0.2) is 69.8 Å². The molecular weight excluding hydrogens is 426 g/mol. The van der Waals surface area contributed by atoms with E-state index in [1.54, 1.807) is 24.3 Å². The number of ether oxygens (including phenoxy) is 3. The molecular formula is C24H23N3O6. The van der Waals surface area contributed by atoms with Crippen LogP contribution >= 0.6 is 0 Å². The Bertz CT molecular complexity index is 1180. The van der Waals surface area contributed by atoms with Crippen LogP contribution in [0.25, 0.3) is 11.4 Å². The molecule has 0 aliphatic rings. The van der Waals surface area contributed by atoms with Crippen LogP contribution in [0.4, 0.5) is 0 Å². The van der Waals surface area contributed by atoms with Gasteiger partial charge in [0.05, 0.1) is 27.6 Å². The van der Waals surface area contributed by atoms with Crippen LogP contribution in [0.1, 0.15) is 28.1 Å². The lowest BCUT2D eigenvalue weighted by atomic mass is 10.1. The summed E-state index contributed by atoms with van der Waals surface area (Å²) in [7, 11) is 4.59. The van der Waals surface area contributed by atoms with E-state index in [-0.39, 0.29) is 17.6 Å². The maximum Gasteiger partial charge on any atom is 0.287 e. The second-order valence-electron chi connectivity index (χ2n) is 7.06. The molecule has 0 aliphatic heterocycles. The van der Waals surface area contributed by atoms with Crippen molar-refractivity contribution in [3.05, 3.63) is 78.1 Å². The average Bonchev–Trinajstić information content (AvgIpc) is 3.56. The number of nitrogens with one attached hydrogen (secondary N) is 1. The number of amides is 1. The van der Waals surface area contributed by atoms with Gasteiger partial charge in [0.1, 0.15) is 6.04 Å². The number of carbonyl (C=O) groups excluding carboxylic acids is 1. The summed E-state index contributed by atoms with van der Waals surface area (Å²) in [6.07, 6.45) is 1.89. The zero-order valence-corrected chi connectivity index (χ0v) is 18.4. The van der Waals surface area contributed by atoms with Gasteiger partial charge in [-0.1, -0.05) is 35.5 Å². The molecule has 0 radical (unpaired) electrons. The van der Waals surface area contributed by atoms with Crippen LogP contribution in [-0.4, -0.2) is 37.4 Å². The van der Waals surface area contributed by atoms with E-state index in [0.29, 0.717) is 35.1 Å². The van der Waals surface area contributed by atoms with Crippen molar-refractivity contribution >= 4 is 5.91 Å². The highest BCUT2D eigenvalue weighted by Gasteiger charge is 2.25. The SMILES string of the molecule is COc1cc(-c2noc([C@H](Cc3ccccc3)NC(=O)c3ccco3)n2)cc(OC)c1OC. The molecule has 170 valence electrons. The van der Waals surface area contributed by atoms with Crippen LogP contribution < -0.4 is 19.5 Å². The molecule has 0 bridgehead atoms. The topological polar surface area (TPSA) is 109 Å². The number of aromatic nitrogens is 2. The Morgan fingerprint density at radius 3 is 2.33 bits per heavy atom. The molecule has 2 heterocycles. The largest absolute Gasteiger partial charge is 0.493 e. The number of nitrogens with zero attached hydrogens (tertiary/aromatic N) is 2. The fourth-order valence-electron chi connectivity index (χ4n) is 3.39. The van der Waals surface area contributed by atoms with Crippen molar-refractivity contribution in [2.45, 2.75) is 12.5 Å². The molecule has 2 aromatic carbocycles. The zero-order valence-electron chi connectivity index (χ0n) is 18.4. The van der Waals surface area contributed by atoms with Crippen molar-refractivity contribution in [1.29, 1.82) is 0 Å². The molecule has 0 spiro atoms. The van der Waals surface area contributed by atoms with Gasteiger partial charge in [0, 0.05) is 12.0 Å². The third-order valence-electron chi connectivity index (χ3n) is 5.00. The molecule has 33 heavy (non-hydrogen) atoms. The van der Waals surface area contributed by atoms with E-state index in [4.69, 9.17) is 23.2 Å². The molecule has 4 aromatic rings. The minimum Gasteiger partial charge on any atom is -0.493 e. The summed E-state index contributed by atoms with van der Waals surface area (Å²) in [4.78, 5) is 17.2. The number of benzene rings is 2. The molecule has 1 atom stereocenters. The Labute approximate surface area is 190 Å². The number of furan rings is 1. The fourth-order valence-corrected chi connectivity index (χ4v) is 3.39. The quantitative estimate of drug-likeness (QED) is 0.407. The van der Waals surface area contributed by atoms with Gasteiger partial charge in [-0.05, 0) is 29.8 Å². The van der Waals surface area contributed by atoms with Gasteiger partial charge in [-0.25, -0.2) is 0 Å². The monoisotopic (exact) mass is 449 g/mol. The lowest BCUT2D eigenvalue weighted by Gasteiger charge is -2.14. The Morgan fingerprint density at radius 1 is 1.00 bits per heavy atom. The average molecular weight is 449 g/mol. The van der Waals surface area contributed by atoms with E-state index in [2.05, 4.69) is 15.5 Å². The van der Waals surface area contributed by atoms with Crippen molar-refractivity contribution in [3.8, 4) is 28.6 Å². The number of carbonyl (C=O) groups is 1. The molecule has 1 N–H and O–H groups in total. The Kier molecular flexibility index (Phi) is 6.58. The van der Waals surface area contributed by atoms with Crippen LogP contribution in [0, 0.1) is 0 Å². The maximum atomic E-state index is 12.7. The molecule has 1 amide bonds. The molecule has 0 unspecified atom stereocenters. The summed E-state index contributed by atoms with van der Waals surface area (Å²) in [6.45, 7) is 0. The van der Waals surface area contributed by atoms with E-state index >= 15 is 0 Å². The van der Waals surface area contributed by atoms with Crippen LogP contribution in [0.2, 0.25) is 0 Å². The molecule has 4 rings (SSSR count). The van der Waals surface area contributed by atoms with Gasteiger partial charge in [-0.3, -0.25) is 4.79 Å². The van der Waals surface area contributed by atoms with E-state index in [9.17, 15) is 4.79 Å². The summed E-state index contributed by atoms with van der Waals surface area (Å²) in [5.41, 5.74) is 1.60. The molecule has 0 fully saturated rings. The summed E-state index contributed by atoms with van der Waals surface area (Å²) in [5, 5.41) is 7.03. The smallest absolute Gasteiger partial charge is 0.287 e. The van der Waals surface area contributed by atoms with Crippen molar-refractivity contribution in [2.75, 3.05) is 21.3 Å². The highest BCUT2D eigenvalue weighted by Crippen LogP contribution is 2.40. The van der Waals surface area contributed by atoms with E-state index in [0.717, 1.165) is 5.56 Å². The molecule has 2 aromatic heterocycles. The van der Waals surface area contributed by atoms with Gasteiger partial charge in [0.25, 0.3) is 5.91 Å². The van der Waals surface area contributed by atoms with Crippen molar-refractivity contribution in [2.24, 2.45) is 0 Å². The first-order valence-electron chi connectivity index (χ1n) is 10.1. The Morgan fingerprint density at radius 2 is 1.73 bits per heavy atom. The second-order valence-corrected chi connectivity index (χ2v) is 7.06. The third-order valence-corrected chi connectivity index (χ3v) is 5.00. The number of hydrogen-bond acceptors (Lipinski definition) is 8. The minimum atomic E-state index is -0.576. The fraction of sp³-hybridized carbons (Fsp3) is 0.208. The highest BCUT2D eigenvalue weighted by atomic mass is 16.5. The Hall–Kier alpha value is -4.27.